The van der Waals surface area contributed by atoms with E-state index in [-0.39, 0.29) is 32.7 Å². The normalized spacial score (nSPS) is 10.4. The fraction of sp³-hybridized carbons (Fsp3) is 0.167. The van der Waals surface area contributed by atoms with Crippen LogP contribution in [-0.4, -0.2) is 13.3 Å². The van der Waals surface area contributed by atoms with E-state index < -0.39 is 0 Å². The first kappa shape index (κ1) is 11.6. The van der Waals surface area contributed by atoms with E-state index in [9.17, 15) is 0 Å². The molecule has 45 valence electrons. The maximum atomic E-state index is 6.57. The van der Waals surface area contributed by atoms with Crippen LogP contribution in [0.15, 0.2) is 16.8 Å². The van der Waals surface area contributed by atoms with Crippen LogP contribution in [-0.2, 0) is 32.7 Å². The fourth-order valence-electron chi connectivity index (χ4n) is 0.256. The molecule has 0 aliphatic carbocycles. The van der Waals surface area contributed by atoms with E-state index in [2.05, 4.69) is 10.9 Å². The average molecular weight is 196 g/mol. The second-order valence-electron chi connectivity index (χ2n) is 1.13. The van der Waals surface area contributed by atoms with E-state index in [1.807, 2.05) is 0 Å². The van der Waals surface area contributed by atoms with Crippen LogP contribution in [0.1, 0.15) is 0 Å². The minimum Gasteiger partial charge on any atom is -0.419 e. The van der Waals surface area contributed by atoms with Crippen LogP contribution in [0, 0.1) is 12.3 Å². The first-order chi connectivity index (χ1) is 3.85. The molecule has 0 aromatic rings. The van der Waals surface area contributed by atoms with Crippen LogP contribution in [0.4, 0.5) is 0 Å². The molecular weight excluding hydrogens is 189 g/mol. The molecule has 2 N–H and O–H groups in total. The van der Waals surface area contributed by atoms with Gasteiger partial charge in [-0.05, 0) is 6.21 Å². The Labute approximate surface area is 80.5 Å². The van der Waals surface area contributed by atoms with E-state index in [0.29, 0.717) is 5.57 Å². The van der Waals surface area contributed by atoms with Crippen LogP contribution in [0.5, 0.6) is 0 Å². The molecule has 0 atom stereocenters. The zero-order valence-electron chi connectivity index (χ0n) is 5.26. The summed E-state index contributed by atoms with van der Waals surface area (Å²) < 4.78 is 0. The van der Waals surface area contributed by atoms with Crippen molar-refractivity contribution < 1.29 is 32.7 Å². The van der Waals surface area contributed by atoms with Crippen molar-refractivity contribution in [1.82, 2.24) is 0 Å². The largest absolute Gasteiger partial charge is 0.419 e. The van der Waals surface area contributed by atoms with Crippen molar-refractivity contribution in [2.75, 3.05) is 7.05 Å². The summed E-state index contributed by atoms with van der Waals surface area (Å²) in [5, 5.41) is 0. The van der Waals surface area contributed by atoms with Crippen LogP contribution < -0.4 is 5.73 Å². The molecule has 9 heavy (non-hydrogen) atoms. The molecule has 0 saturated carbocycles. The van der Waals surface area contributed by atoms with Crippen LogP contribution in [0.25, 0.3) is 0 Å². The van der Waals surface area contributed by atoms with Crippen molar-refractivity contribution in [2.24, 2.45) is 10.7 Å². The zero-order chi connectivity index (χ0) is 6.41. The molecule has 0 aromatic heterocycles. The summed E-state index contributed by atoms with van der Waals surface area (Å²) in [5.74, 6) is 2.09. The van der Waals surface area contributed by atoms with Gasteiger partial charge in [0.05, 0.1) is 0 Å². The van der Waals surface area contributed by atoms with Gasteiger partial charge in [0.2, 0.25) is 0 Å². The van der Waals surface area contributed by atoms with Gasteiger partial charge >= 0.3 is 0 Å². The number of aliphatic imine (C=N–C) groups is 1. The number of rotatable bonds is 1. The van der Waals surface area contributed by atoms with Gasteiger partial charge in [0.1, 0.15) is 0 Å². The van der Waals surface area contributed by atoms with Crippen molar-refractivity contribution >= 4 is 6.21 Å². The molecule has 0 fully saturated rings. The minimum absolute atomic E-state index is 0. The second kappa shape index (κ2) is 7.87. The standard InChI is InChI=1S/C6H7N2.Y/c1-3-6(4-7)5-8-2;/h4-5H,7H2,2H3;/q-1;/b6-4-,8-5?;. The molecule has 0 spiro atoms. The van der Waals surface area contributed by atoms with Crippen molar-refractivity contribution in [2.45, 2.75) is 0 Å². The summed E-state index contributed by atoms with van der Waals surface area (Å²) in [6, 6.07) is 0. The van der Waals surface area contributed by atoms with E-state index in [0.717, 1.165) is 0 Å². The van der Waals surface area contributed by atoms with Crippen LogP contribution >= 0.6 is 0 Å². The molecule has 0 amide bonds. The van der Waals surface area contributed by atoms with Gasteiger partial charge in [-0.1, -0.05) is 11.8 Å². The van der Waals surface area contributed by atoms with Gasteiger partial charge < -0.3 is 17.1 Å². The Morgan fingerprint density at radius 3 is 2.44 bits per heavy atom. The summed E-state index contributed by atoms with van der Waals surface area (Å²) in [5.41, 5.74) is 5.53. The predicted octanol–water partition coefficient (Wildman–Crippen LogP) is 0.117. The smallest absolute Gasteiger partial charge is 0.0259 e. The van der Waals surface area contributed by atoms with E-state index in [1.54, 1.807) is 7.05 Å². The topological polar surface area (TPSA) is 38.4 Å². The average Bonchev–Trinajstić information content (AvgIpc) is 1.83. The minimum atomic E-state index is 0. The molecule has 0 rings (SSSR count). The van der Waals surface area contributed by atoms with Crippen molar-refractivity contribution in [3.63, 3.8) is 0 Å². The molecule has 0 bridgehead atoms. The van der Waals surface area contributed by atoms with E-state index >= 15 is 0 Å². The number of hydrogen-bond acceptors (Lipinski definition) is 2. The number of nitrogens with two attached hydrogens (primary N) is 1. The van der Waals surface area contributed by atoms with Gasteiger partial charge in [-0.15, -0.1) is 0 Å². The SMILES string of the molecule is [C-]#C/C(C=NC)=C/N.[Y]. The first-order valence-corrected chi connectivity index (χ1v) is 2.12. The van der Waals surface area contributed by atoms with Crippen molar-refractivity contribution in [3.8, 4) is 5.92 Å². The Bertz CT molecular complexity index is 153. The Kier molecular flexibility index (Phi) is 10.2. The summed E-state index contributed by atoms with van der Waals surface area (Å²) >= 11 is 0. The maximum Gasteiger partial charge on any atom is 0.0259 e. The van der Waals surface area contributed by atoms with Gasteiger partial charge in [0, 0.05) is 39.8 Å². The van der Waals surface area contributed by atoms with E-state index in [4.69, 9.17) is 12.2 Å². The van der Waals surface area contributed by atoms with Gasteiger partial charge in [-0.25, -0.2) is 0 Å². The quantitative estimate of drug-likeness (QED) is 0.361. The summed E-state index contributed by atoms with van der Waals surface area (Å²) in [6.07, 6.45) is 9.32. The van der Waals surface area contributed by atoms with Gasteiger partial charge in [0.25, 0.3) is 0 Å². The molecule has 2 nitrogen and oxygen atoms in total. The van der Waals surface area contributed by atoms with Crippen molar-refractivity contribution in [3.05, 3.63) is 18.2 Å². The molecule has 0 heterocycles. The Hall–Kier alpha value is -0.126. The van der Waals surface area contributed by atoms with Gasteiger partial charge in [-0.3, -0.25) is 5.92 Å². The van der Waals surface area contributed by atoms with Crippen LogP contribution in [0.2, 0.25) is 0 Å². The molecule has 0 aliphatic heterocycles. The number of allylic oxidation sites excluding steroid dienone is 1. The number of nitrogens with zero attached hydrogens (tertiary/aromatic N) is 1. The summed E-state index contributed by atoms with van der Waals surface area (Å²) in [7, 11) is 1.61. The fourth-order valence-corrected chi connectivity index (χ4v) is 0.256. The third-order valence-corrected chi connectivity index (χ3v) is 0.592. The molecule has 0 saturated heterocycles. The van der Waals surface area contributed by atoms with E-state index in [1.165, 1.54) is 12.4 Å². The maximum absolute atomic E-state index is 6.57. The summed E-state index contributed by atoms with van der Waals surface area (Å²) in [6.45, 7) is 0. The molecule has 0 aromatic carbocycles. The zero-order valence-corrected chi connectivity index (χ0v) is 8.09. The Morgan fingerprint density at radius 2 is 2.33 bits per heavy atom. The molecule has 0 aliphatic rings. The third kappa shape index (κ3) is 5.75. The molecule has 1 radical (unpaired) electrons. The Morgan fingerprint density at radius 1 is 1.78 bits per heavy atom. The monoisotopic (exact) mass is 196 g/mol. The molecule has 0 unspecified atom stereocenters. The van der Waals surface area contributed by atoms with Crippen molar-refractivity contribution in [1.29, 1.82) is 0 Å². The van der Waals surface area contributed by atoms with Gasteiger partial charge in [0.15, 0.2) is 0 Å². The van der Waals surface area contributed by atoms with Gasteiger partial charge in [-0.2, -0.15) is 0 Å². The number of hydrogen-bond donors (Lipinski definition) is 1. The van der Waals surface area contributed by atoms with Crippen LogP contribution in [0.3, 0.4) is 0 Å². The molecule has 3 heteroatoms. The molecular formula is C6H7N2Y-. The second-order valence-corrected chi connectivity index (χ2v) is 1.13. The summed E-state index contributed by atoms with van der Waals surface area (Å²) in [4.78, 5) is 3.62. The predicted molar refractivity (Wildman–Crippen MR) is 33.8 cm³/mol. The first-order valence-electron chi connectivity index (χ1n) is 2.12. The Balaban J connectivity index is 0. The third-order valence-electron chi connectivity index (χ3n) is 0.592.